The predicted octanol–water partition coefficient (Wildman–Crippen LogP) is 1.60. The summed E-state index contributed by atoms with van der Waals surface area (Å²) in [5.41, 5.74) is 0. The first-order chi connectivity index (χ1) is 6.95. The second-order valence-corrected chi connectivity index (χ2v) is 4.27. The first kappa shape index (κ1) is 10.1. The summed E-state index contributed by atoms with van der Waals surface area (Å²) < 4.78 is 10.8. The molecule has 0 aromatic carbocycles. The third kappa shape index (κ3) is 3.06. The summed E-state index contributed by atoms with van der Waals surface area (Å²) in [5.74, 6) is 0. The van der Waals surface area contributed by atoms with E-state index in [0.29, 0.717) is 0 Å². The Morgan fingerprint density at radius 2 is 2.29 bits per heavy atom. The molecule has 3 nitrogen and oxygen atoms in total. The minimum Gasteiger partial charge on any atom is -0.351 e. The molecule has 0 radical (unpaired) electrons. The van der Waals surface area contributed by atoms with E-state index in [4.69, 9.17) is 9.47 Å². The fourth-order valence-corrected chi connectivity index (χ4v) is 2.06. The van der Waals surface area contributed by atoms with Crippen molar-refractivity contribution in [2.24, 2.45) is 0 Å². The van der Waals surface area contributed by atoms with E-state index < -0.39 is 0 Å². The normalized spacial score (nSPS) is 18.6. The molecule has 2 rings (SSSR count). The zero-order chi connectivity index (χ0) is 9.64. The van der Waals surface area contributed by atoms with Gasteiger partial charge in [0.1, 0.15) is 0 Å². The van der Waals surface area contributed by atoms with E-state index in [-0.39, 0.29) is 6.29 Å². The lowest BCUT2D eigenvalue weighted by molar-refractivity contribution is -0.175. The molecule has 1 N–H and O–H groups in total. The van der Waals surface area contributed by atoms with Gasteiger partial charge in [0.15, 0.2) is 6.29 Å². The second-order valence-electron chi connectivity index (χ2n) is 3.23. The second kappa shape index (κ2) is 5.46. The number of hydrogen-bond donors (Lipinski definition) is 1. The molecule has 1 aliphatic rings. The Hall–Kier alpha value is -0.420. The van der Waals surface area contributed by atoms with E-state index in [9.17, 15) is 0 Å². The molecule has 0 aliphatic carbocycles. The summed E-state index contributed by atoms with van der Waals surface area (Å²) in [6.45, 7) is 3.33. The maximum atomic E-state index is 5.42. The van der Waals surface area contributed by atoms with E-state index in [1.807, 2.05) is 0 Å². The first-order valence-electron chi connectivity index (χ1n) is 4.91. The molecular formula is C10H15NO2S. The first-order valence-corrected chi connectivity index (χ1v) is 5.79. The van der Waals surface area contributed by atoms with Crippen LogP contribution in [0.3, 0.4) is 0 Å². The fraction of sp³-hybridized carbons (Fsp3) is 0.600. The lowest BCUT2D eigenvalue weighted by atomic mass is 10.4. The van der Waals surface area contributed by atoms with Gasteiger partial charge >= 0.3 is 0 Å². The SMILES string of the molecule is c1csc(CNCC2OCCCO2)c1. The van der Waals surface area contributed by atoms with Crippen LogP contribution in [0.5, 0.6) is 0 Å². The molecule has 1 aliphatic heterocycles. The van der Waals surface area contributed by atoms with Crippen LogP contribution < -0.4 is 5.32 Å². The third-order valence-corrected chi connectivity index (χ3v) is 2.96. The summed E-state index contributed by atoms with van der Waals surface area (Å²) >= 11 is 1.77. The van der Waals surface area contributed by atoms with Crippen LogP contribution in [0.4, 0.5) is 0 Å². The maximum absolute atomic E-state index is 5.42. The summed E-state index contributed by atoms with van der Waals surface area (Å²) in [5, 5.41) is 5.41. The van der Waals surface area contributed by atoms with Crippen LogP contribution in [-0.2, 0) is 16.0 Å². The smallest absolute Gasteiger partial charge is 0.169 e. The number of hydrogen-bond acceptors (Lipinski definition) is 4. The summed E-state index contributed by atoms with van der Waals surface area (Å²) in [6, 6.07) is 4.19. The Labute approximate surface area is 88.0 Å². The Morgan fingerprint density at radius 3 is 3.00 bits per heavy atom. The zero-order valence-electron chi connectivity index (χ0n) is 8.07. The van der Waals surface area contributed by atoms with Crippen molar-refractivity contribution in [3.8, 4) is 0 Å². The van der Waals surface area contributed by atoms with Crippen LogP contribution in [0.25, 0.3) is 0 Å². The predicted molar refractivity (Wildman–Crippen MR) is 56.3 cm³/mol. The van der Waals surface area contributed by atoms with Gasteiger partial charge in [-0.25, -0.2) is 0 Å². The molecule has 0 saturated carbocycles. The van der Waals surface area contributed by atoms with Crippen LogP contribution in [0, 0.1) is 0 Å². The van der Waals surface area contributed by atoms with E-state index >= 15 is 0 Å². The van der Waals surface area contributed by atoms with Gasteiger partial charge in [-0.05, 0) is 17.9 Å². The van der Waals surface area contributed by atoms with Crippen LogP contribution >= 0.6 is 11.3 Å². The Kier molecular flexibility index (Phi) is 3.94. The van der Waals surface area contributed by atoms with Crippen molar-refractivity contribution < 1.29 is 9.47 Å². The molecule has 1 saturated heterocycles. The minimum atomic E-state index is -0.0521. The van der Waals surface area contributed by atoms with Gasteiger partial charge in [0, 0.05) is 18.0 Å². The van der Waals surface area contributed by atoms with Crippen molar-refractivity contribution in [3.05, 3.63) is 22.4 Å². The Bertz CT molecular complexity index is 245. The standard InChI is InChI=1S/C10H15NO2S/c1-3-9(14-6-1)7-11-8-10-12-4-2-5-13-10/h1,3,6,10-11H,2,4-5,7-8H2. The highest BCUT2D eigenvalue weighted by Crippen LogP contribution is 2.08. The minimum absolute atomic E-state index is 0.0521. The molecule has 78 valence electrons. The molecule has 4 heteroatoms. The third-order valence-electron chi connectivity index (χ3n) is 2.09. The molecule has 1 aromatic rings. The molecule has 1 fully saturated rings. The van der Waals surface area contributed by atoms with Gasteiger partial charge in [-0.1, -0.05) is 6.07 Å². The highest BCUT2D eigenvalue weighted by Gasteiger charge is 2.12. The van der Waals surface area contributed by atoms with Gasteiger partial charge in [-0.15, -0.1) is 11.3 Å². The van der Waals surface area contributed by atoms with Crippen molar-refractivity contribution in [2.45, 2.75) is 19.3 Å². The summed E-state index contributed by atoms with van der Waals surface area (Å²) in [4.78, 5) is 1.35. The number of ether oxygens (including phenoxy) is 2. The van der Waals surface area contributed by atoms with Crippen LogP contribution in [0.15, 0.2) is 17.5 Å². The van der Waals surface area contributed by atoms with E-state index in [1.54, 1.807) is 11.3 Å². The monoisotopic (exact) mass is 213 g/mol. The molecule has 2 heterocycles. The van der Waals surface area contributed by atoms with E-state index in [2.05, 4.69) is 22.8 Å². The van der Waals surface area contributed by atoms with Crippen molar-refractivity contribution >= 4 is 11.3 Å². The molecule has 14 heavy (non-hydrogen) atoms. The fourth-order valence-electron chi connectivity index (χ4n) is 1.38. The van der Waals surface area contributed by atoms with E-state index in [0.717, 1.165) is 32.7 Å². The van der Waals surface area contributed by atoms with Crippen LogP contribution in [-0.4, -0.2) is 26.0 Å². The van der Waals surface area contributed by atoms with Gasteiger partial charge in [0.2, 0.25) is 0 Å². The maximum Gasteiger partial charge on any atom is 0.169 e. The highest BCUT2D eigenvalue weighted by atomic mass is 32.1. The quantitative estimate of drug-likeness (QED) is 0.824. The average Bonchev–Trinajstić information content (AvgIpc) is 2.72. The Morgan fingerprint density at radius 1 is 1.43 bits per heavy atom. The lowest BCUT2D eigenvalue weighted by Gasteiger charge is -2.23. The lowest BCUT2D eigenvalue weighted by Crippen LogP contribution is -2.34. The van der Waals surface area contributed by atoms with Crippen molar-refractivity contribution in [3.63, 3.8) is 0 Å². The largest absolute Gasteiger partial charge is 0.351 e. The van der Waals surface area contributed by atoms with Crippen LogP contribution in [0.1, 0.15) is 11.3 Å². The summed E-state index contributed by atoms with van der Waals surface area (Å²) in [6.07, 6.45) is 0.963. The van der Waals surface area contributed by atoms with Gasteiger partial charge < -0.3 is 14.8 Å². The molecule has 0 bridgehead atoms. The molecular weight excluding hydrogens is 198 g/mol. The van der Waals surface area contributed by atoms with Crippen LogP contribution in [0.2, 0.25) is 0 Å². The van der Waals surface area contributed by atoms with Crippen molar-refractivity contribution in [1.82, 2.24) is 5.32 Å². The number of nitrogens with one attached hydrogen (secondary N) is 1. The molecule has 0 amide bonds. The number of rotatable bonds is 4. The molecule has 0 unspecified atom stereocenters. The molecule has 1 aromatic heterocycles. The van der Waals surface area contributed by atoms with E-state index in [1.165, 1.54) is 4.88 Å². The summed E-state index contributed by atoms with van der Waals surface area (Å²) in [7, 11) is 0. The average molecular weight is 213 g/mol. The van der Waals surface area contributed by atoms with Gasteiger partial charge in [0.05, 0.1) is 13.2 Å². The van der Waals surface area contributed by atoms with Gasteiger partial charge in [0.25, 0.3) is 0 Å². The van der Waals surface area contributed by atoms with Gasteiger partial charge in [-0.3, -0.25) is 0 Å². The molecule has 0 atom stereocenters. The number of thiophene rings is 1. The zero-order valence-corrected chi connectivity index (χ0v) is 8.89. The van der Waals surface area contributed by atoms with Crippen molar-refractivity contribution in [1.29, 1.82) is 0 Å². The highest BCUT2D eigenvalue weighted by molar-refractivity contribution is 7.09. The molecule has 0 spiro atoms. The topological polar surface area (TPSA) is 30.5 Å². The van der Waals surface area contributed by atoms with Gasteiger partial charge in [-0.2, -0.15) is 0 Å². The Balaban J connectivity index is 1.62. The van der Waals surface area contributed by atoms with Crippen molar-refractivity contribution in [2.75, 3.05) is 19.8 Å².